The zero-order valence-corrected chi connectivity index (χ0v) is 11.3. The molecular formula is C13H20O2Si. The minimum absolute atomic E-state index is 0.113. The molecule has 0 amide bonds. The molecule has 1 aromatic rings. The fourth-order valence-corrected chi connectivity index (χ4v) is 2.45. The molecular weight excluding hydrogens is 216 g/mol. The molecule has 0 aromatic heterocycles. The summed E-state index contributed by atoms with van der Waals surface area (Å²) in [6, 6.07) is 10.2. The molecule has 0 fully saturated rings. The molecule has 0 bridgehead atoms. The van der Waals surface area contributed by atoms with Crippen LogP contribution < -0.4 is 0 Å². The van der Waals surface area contributed by atoms with E-state index in [1.807, 2.05) is 24.3 Å². The van der Waals surface area contributed by atoms with Gasteiger partial charge in [-0.3, -0.25) is 0 Å². The van der Waals surface area contributed by atoms with Gasteiger partial charge in [0.15, 0.2) is 0 Å². The van der Waals surface area contributed by atoms with Gasteiger partial charge in [0, 0.05) is 6.61 Å². The Bertz CT molecular complexity index is 287. The second kappa shape index (κ2) is 8.27. The summed E-state index contributed by atoms with van der Waals surface area (Å²) in [5.74, 6) is 0. The van der Waals surface area contributed by atoms with Crippen molar-refractivity contribution in [1.29, 1.82) is 0 Å². The van der Waals surface area contributed by atoms with Crippen LogP contribution in [0.25, 0.3) is 0 Å². The Labute approximate surface area is 100 Å². The van der Waals surface area contributed by atoms with Crippen LogP contribution in [0.2, 0.25) is 0 Å². The Morgan fingerprint density at radius 3 is 2.75 bits per heavy atom. The highest BCUT2D eigenvalue weighted by Crippen LogP contribution is 2.20. The first-order valence-corrected chi connectivity index (χ1v) is 6.89. The third-order valence-electron chi connectivity index (χ3n) is 2.25. The van der Waals surface area contributed by atoms with E-state index >= 15 is 0 Å². The zero-order valence-electron chi connectivity index (χ0n) is 9.89. The maximum atomic E-state index is 5.82. The SMILES string of the molecule is C=CCC(O[SiH2]OCCC)c1ccccc1. The van der Waals surface area contributed by atoms with Crippen LogP contribution in [0, 0.1) is 0 Å². The molecule has 0 spiro atoms. The Kier molecular flexibility index (Phi) is 6.81. The summed E-state index contributed by atoms with van der Waals surface area (Å²) in [7, 11) is -0.859. The minimum Gasteiger partial charge on any atom is -0.399 e. The molecule has 0 aliphatic rings. The Hall–Kier alpha value is -0.903. The van der Waals surface area contributed by atoms with Gasteiger partial charge >= 0.3 is 10.0 Å². The average Bonchev–Trinajstić information content (AvgIpc) is 2.34. The van der Waals surface area contributed by atoms with Crippen LogP contribution in [0.3, 0.4) is 0 Å². The third-order valence-corrected chi connectivity index (χ3v) is 3.25. The molecule has 2 nitrogen and oxygen atoms in total. The van der Waals surface area contributed by atoms with Crippen LogP contribution in [-0.4, -0.2) is 16.6 Å². The van der Waals surface area contributed by atoms with Gasteiger partial charge in [0.1, 0.15) is 0 Å². The lowest BCUT2D eigenvalue weighted by atomic mass is 10.1. The van der Waals surface area contributed by atoms with E-state index in [4.69, 9.17) is 8.85 Å². The Balaban J connectivity index is 2.44. The average molecular weight is 236 g/mol. The van der Waals surface area contributed by atoms with E-state index in [0.717, 1.165) is 19.4 Å². The highest BCUT2D eigenvalue weighted by atomic mass is 28.3. The molecule has 0 aliphatic carbocycles. The fourth-order valence-electron chi connectivity index (χ4n) is 1.45. The summed E-state index contributed by atoms with van der Waals surface area (Å²) in [5.41, 5.74) is 1.20. The molecule has 0 heterocycles. The maximum absolute atomic E-state index is 5.82. The number of rotatable bonds is 8. The van der Waals surface area contributed by atoms with Crippen molar-refractivity contribution in [3.05, 3.63) is 48.6 Å². The van der Waals surface area contributed by atoms with Crippen molar-refractivity contribution in [2.45, 2.75) is 25.9 Å². The summed E-state index contributed by atoms with van der Waals surface area (Å²) in [5, 5.41) is 0. The van der Waals surface area contributed by atoms with Crippen molar-refractivity contribution in [2.24, 2.45) is 0 Å². The maximum Gasteiger partial charge on any atom is 0.304 e. The molecule has 1 rings (SSSR count). The lowest BCUT2D eigenvalue weighted by Gasteiger charge is -2.16. The molecule has 1 atom stereocenters. The topological polar surface area (TPSA) is 18.5 Å². The van der Waals surface area contributed by atoms with Crippen molar-refractivity contribution < 1.29 is 8.85 Å². The van der Waals surface area contributed by atoms with Crippen LogP contribution in [0.1, 0.15) is 31.4 Å². The largest absolute Gasteiger partial charge is 0.399 e. The van der Waals surface area contributed by atoms with Gasteiger partial charge in [0.2, 0.25) is 0 Å². The first kappa shape index (κ1) is 13.2. The van der Waals surface area contributed by atoms with Gasteiger partial charge < -0.3 is 8.85 Å². The summed E-state index contributed by atoms with van der Waals surface area (Å²) < 4.78 is 11.3. The summed E-state index contributed by atoms with van der Waals surface area (Å²) in [6.07, 6.45) is 3.90. The van der Waals surface area contributed by atoms with Crippen LogP contribution >= 0.6 is 0 Å². The smallest absolute Gasteiger partial charge is 0.304 e. The quantitative estimate of drug-likeness (QED) is 0.392. The van der Waals surface area contributed by atoms with Crippen molar-refractivity contribution in [1.82, 2.24) is 0 Å². The normalized spacial score (nSPS) is 13.1. The predicted molar refractivity (Wildman–Crippen MR) is 69.9 cm³/mol. The standard InChI is InChI=1S/C13H20O2Si/c1-3-8-13(15-16-14-11-4-2)12-9-6-5-7-10-12/h3,5-7,9-10,13H,1,4,8,11,16H2,2H3. The van der Waals surface area contributed by atoms with E-state index in [2.05, 4.69) is 25.6 Å². The summed E-state index contributed by atoms with van der Waals surface area (Å²) in [4.78, 5) is 0. The van der Waals surface area contributed by atoms with Gasteiger partial charge in [-0.05, 0) is 18.4 Å². The van der Waals surface area contributed by atoms with Gasteiger partial charge in [-0.15, -0.1) is 6.58 Å². The predicted octanol–water partition coefficient (Wildman–Crippen LogP) is 2.75. The van der Waals surface area contributed by atoms with E-state index in [1.165, 1.54) is 5.56 Å². The number of hydrogen-bond acceptors (Lipinski definition) is 2. The molecule has 16 heavy (non-hydrogen) atoms. The number of benzene rings is 1. The van der Waals surface area contributed by atoms with E-state index in [1.54, 1.807) is 0 Å². The molecule has 1 unspecified atom stereocenters. The lowest BCUT2D eigenvalue weighted by Crippen LogP contribution is -2.11. The second-order valence-corrected chi connectivity index (χ2v) is 4.59. The van der Waals surface area contributed by atoms with Gasteiger partial charge in [0.05, 0.1) is 6.10 Å². The highest BCUT2D eigenvalue weighted by molar-refractivity contribution is 6.18. The van der Waals surface area contributed by atoms with Crippen molar-refractivity contribution in [3.8, 4) is 0 Å². The fraction of sp³-hybridized carbons (Fsp3) is 0.385. The molecule has 0 N–H and O–H groups in total. The highest BCUT2D eigenvalue weighted by Gasteiger charge is 2.09. The Morgan fingerprint density at radius 1 is 1.38 bits per heavy atom. The van der Waals surface area contributed by atoms with E-state index in [9.17, 15) is 0 Å². The molecule has 0 saturated heterocycles. The molecule has 0 radical (unpaired) electrons. The number of hydrogen-bond donors (Lipinski definition) is 0. The molecule has 3 heteroatoms. The van der Waals surface area contributed by atoms with Crippen LogP contribution in [0.5, 0.6) is 0 Å². The van der Waals surface area contributed by atoms with E-state index in [-0.39, 0.29) is 6.10 Å². The van der Waals surface area contributed by atoms with E-state index < -0.39 is 10.0 Å². The van der Waals surface area contributed by atoms with Crippen LogP contribution in [-0.2, 0) is 8.85 Å². The monoisotopic (exact) mass is 236 g/mol. The van der Waals surface area contributed by atoms with Gasteiger partial charge in [-0.25, -0.2) is 0 Å². The first-order chi connectivity index (χ1) is 7.88. The lowest BCUT2D eigenvalue weighted by molar-refractivity contribution is 0.158. The first-order valence-electron chi connectivity index (χ1n) is 5.73. The van der Waals surface area contributed by atoms with Crippen LogP contribution in [0.4, 0.5) is 0 Å². The van der Waals surface area contributed by atoms with Gasteiger partial charge in [0.25, 0.3) is 0 Å². The van der Waals surface area contributed by atoms with Gasteiger partial charge in [-0.1, -0.05) is 43.3 Å². The molecule has 0 saturated carbocycles. The summed E-state index contributed by atoms with van der Waals surface area (Å²) in [6.45, 7) is 6.68. The van der Waals surface area contributed by atoms with Crippen molar-refractivity contribution >= 4 is 10.0 Å². The minimum atomic E-state index is -0.859. The van der Waals surface area contributed by atoms with Crippen LogP contribution in [0.15, 0.2) is 43.0 Å². The molecule has 1 aromatic carbocycles. The van der Waals surface area contributed by atoms with E-state index in [0.29, 0.717) is 0 Å². The third kappa shape index (κ3) is 4.75. The van der Waals surface area contributed by atoms with Crippen molar-refractivity contribution in [2.75, 3.05) is 6.61 Å². The summed E-state index contributed by atoms with van der Waals surface area (Å²) >= 11 is 0. The Morgan fingerprint density at radius 2 is 2.12 bits per heavy atom. The second-order valence-electron chi connectivity index (χ2n) is 3.62. The van der Waals surface area contributed by atoms with Gasteiger partial charge in [-0.2, -0.15) is 0 Å². The molecule has 88 valence electrons. The zero-order chi connectivity index (χ0) is 11.6. The van der Waals surface area contributed by atoms with Crippen molar-refractivity contribution in [3.63, 3.8) is 0 Å². The molecule has 0 aliphatic heterocycles.